The Morgan fingerprint density at radius 2 is 1.67 bits per heavy atom. The Balaban J connectivity index is 0.00000220. The lowest BCUT2D eigenvalue weighted by molar-refractivity contribution is 0.806. The van der Waals surface area contributed by atoms with Crippen LogP contribution in [-0.4, -0.2) is 17.6 Å². The van der Waals surface area contributed by atoms with Gasteiger partial charge in [-0.25, -0.2) is 0 Å². The second kappa shape index (κ2) is 8.71. The van der Waals surface area contributed by atoms with E-state index in [0.29, 0.717) is 0 Å². The molecule has 0 saturated carbocycles. The number of hydrogen-bond acceptors (Lipinski definition) is 1. The molecular formula is C16H23IN4. The van der Waals surface area contributed by atoms with Gasteiger partial charge in [0.2, 0.25) is 0 Å². The lowest BCUT2D eigenvalue weighted by atomic mass is 10.1. The highest BCUT2D eigenvalue weighted by Crippen LogP contribution is 2.02. The van der Waals surface area contributed by atoms with Crippen molar-refractivity contribution in [2.24, 2.45) is 12.0 Å². The van der Waals surface area contributed by atoms with E-state index >= 15 is 0 Å². The molecule has 0 saturated heterocycles. The summed E-state index contributed by atoms with van der Waals surface area (Å²) in [6.45, 7) is 3.64. The average Bonchev–Trinajstić information content (AvgIpc) is 2.87. The number of benzene rings is 1. The first kappa shape index (κ1) is 17.6. The number of rotatable bonds is 4. The molecule has 2 rings (SSSR count). The molecule has 0 unspecified atom stereocenters. The van der Waals surface area contributed by atoms with Gasteiger partial charge in [-0.2, -0.15) is 0 Å². The number of aromatic nitrogens is 1. The van der Waals surface area contributed by atoms with E-state index in [4.69, 9.17) is 0 Å². The first-order valence-corrected chi connectivity index (χ1v) is 6.78. The monoisotopic (exact) mass is 398 g/mol. The first-order chi connectivity index (χ1) is 9.67. The van der Waals surface area contributed by atoms with Gasteiger partial charge in [0.1, 0.15) is 0 Å². The third-order valence-corrected chi connectivity index (χ3v) is 3.16. The van der Waals surface area contributed by atoms with Gasteiger partial charge >= 0.3 is 0 Å². The molecule has 1 aromatic heterocycles. The van der Waals surface area contributed by atoms with Crippen molar-refractivity contribution in [1.82, 2.24) is 15.2 Å². The smallest absolute Gasteiger partial charge is 0.191 e. The van der Waals surface area contributed by atoms with Crippen LogP contribution in [0.25, 0.3) is 0 Å². The minimum absolute atomic E-state index is 0. The first-order valence-electron chi connectivity index (χ1n) is 6.78. The quantitative estimate of drug-likeness (QED) is 0.473. The van der Waals surface area contributed by atoms with Crippen molar-refractivity contribution in [1.29, 1.82) is 0 Å². The van der Waals surface area contributed by atoms with E-state index in [2.05, 4.69) is 59.1 Å². The molecule has 0 fully saturated rings. The second-order valence-electron chi connectivity index (χ2n) is 4.95. The fourth-order valence-electron chi connectivity index (χ4n) is 1.96. The summed E-state index contributed by atoms with van der Waals surface area (Å²) in [5.41, 5.74) is 3.77. The fraction of sp³-hybridized carbons (Fsp3) is 0.312. The van der Waals surface area contributed by atoms with Crippen molar-refractivity contribution < 1.29 is 0 Å². The summed E-state index contributed by atoms with van der Waals surface area (Å²) in [4.78, 5) is 4.23. The molecular weight excluding hydrogens is 375 g/mol. The van der Waals surface area contributed by atoms with E-state index in [-0.39, 0.29) is 24.0 Å². The van der Waals surface area contributed by atoms with Crippen molar-refractivity contribution >= 4 is 29.9 Å². The van der Waals surface area contributed by atoms with Crippen LogP contribution in [0.3, 0.4) is 0 Å². The third kappa shape index (κ3) is 5.79. The number of nitrogens with zero attached hydrogens (tertiary/aromatic N) is 2. The Kier molecular flexibility index (Phi) is 7.28. The topological polar surface area (TPSA) is 41.4 Å². The number of aliphatic imine (C=N–C) groups is 1. The number of aryl methyl sites for hydroxylation is 2. The summed E-state index contributed by atoms with van der Waals surface area (Å²) in [5.74, 6) is 0.814. The maximum Gasteiger partial charge on any atom is 0.191 e. The Hall–Kier alpha value is -1.50. The highest BCUT2D eigenvalue weighted by atomic mass is 127. The van der Waals surface area contributed by atoms with Crippen molar-refractivity contribution in [3.8, 4) is 0 Å². The summed E-state index contributed by atoms with van der Waals surface area (Å²) in [5, 5.41) is 6.62. The van der Waals surface area contributed by atoms with Crippen molar-refractivity contribution in [3.05, 3.63) is 59.4 Å². The molecule has 0 bridgehead atoms. The summed E-state index contributed by atoms with van der Waals surface area (Å²) >= 11 is 0. The van der Waals surface area contributed by atoms with Gasteiger partial charge < -0.3 is 15.2 Å². The Morgan fingerprint density at radius 1 is 1.05 bits per heavy atom. The zero-order valence-electron chi connectivity index (χ0n) is 12.8. The van der Waals surface area contributed by atoms with Gasteiger partial charge in [0.25, 0.3) is 0 Å². The maximum absolute atomic E-state index is 4.23. The molecule has 5 heteroatoms. The highest BCUT2D eigenvalue weighted by Gasteiger charge is 1.99. The molecule has 114 valence electrons. The molecule has 0 aliphatic rings. The molecule has 0 atom stereocenters. The summed E-state index contributed by atoms with van der Waals surface area (Å²) in [7, 11) is 3.81. The SMILES string of the molecule is CN=C(NCc1ccc(C)cc1)NCc1ccn(C)c1.I. The Morgan fingerprint density at radius 3 is 2.19 bits per heavy atom. The van der Waals surface area contributed by atoms with E-state index in [1.54, 1.807) is 7.05 Å². The van der Waals surface area contributed by atoms with Crippen LogP contribution in [0, 0.1) is 6.92 Å². The molecule has 1 heterocycles. The fourth-order valence-corrected chi connectivity index (χ4v) is 1.96. The molecule has 0 aliphatic heterocycles. The van der Waals surface area contributed by atoms with E-state index in [0.717, 1.165) is 19.0 Å². The predicted octanol–water partition coefficient (Wildman–Crippen LogP) is 2.82. The lowest BCUT2D eigenvalue weighted by Crippen LogP contribution is -2.36. The Bertz CT molecular complexity index is 572. The molecule has 0 radical (unpaired) electrons. The molecule has 1 aromatic carbocycles. The van der Waals surface area contributed by atoms with Crippen molar-refractivity contribution in [3.63, 3.8) is 0 Å². The number of halogens is 1. The van der Waals surface area contributed by atoms with Crippen LogP contribution in [0.5, 0.6) is 0 Å². The molecule has 0 spiro atoms. The van der Waals surface area contributed by atoms with E-state index < -0.39 is 0 Å². The van der Waals surface area contributed by atoms with E-state index in [1.165, 1.54) is 16.7 Å². The summed E-state index contributed by atoms with van der Waals surface area (Å²) in [6.07, 6.45) is 4.14. The van der Waals surface area contributed by atoms with Crippen LogP contribution in [0.15, 0.2) is 47.7 Å². The van der Waals surface area contributed by atoms with Crippen molar-refractivity contribution in [2.75, 3.05) is 7.05 Å². The maximum atomic E-state index is 4.23. The van der Waals surface area contributed by atoms with E-state index in [9.17, 15) is 0 Å². The van der Waals surface area contributed by atoms with Gasteiger partial charge in [0, 0.05) is 39.6 Å². The highest BCUT2D eigenvalue weighted by molar-refractivity contribution is 14.0. The number of hydrogen-bond donors (Lipinski definition) is 2. The molecule has 4 nitrogen and oxygen atoms in total. The van der Waals surface area contributed by atoms with Gasteiger partial charge in [0.15, 0.2) is 5.96 Å². The van der Waals surface area contributed by atoms with Gasteiger partial charge in [-0.15, -0.1) is 24.0 Å². The summed E-state index contributed by atoms with van der Waals surface area (Å²) < 4.78 is 2.04. The zero-order valence-corrected chi connectivity index (χ0v) is 15.1. The lowest BCUT2D eigenvalue weighted by Gasteiger charge is -2.11. The number of guanidine groups is 1. The number of nitrogens with one attached hydrogen (secondary N) is 2. The van der Waals surface area contributed by atoms with E-state index in [1.807, 2.05) is 17.8 Å². The largest absolute Gasteiger partial charge is 0.357 e. The molecule has 21 heavy (non-hydrogen) atoms. The van der Waals surface area contributed by atoms with Crippen LogP contribution in [-0.2, 0) is 20.1 Å². The normalized spacial score (nSPS) is 10.9. The van der Waals surface area contributed by atoms with Crippen LogP contribution >= 0.6 is 24.0 Å². The minimum Gasteiger partial charge on any atom is -0.357 e. The van der Waals surface area contributed by atoms with Gasteiger partial charge in [-0.1, -0.05) is 29.8 Å². The van der Waals surface area contributed by atoms with Crippen LogP contribution in [0.1, 0.15) is 16.7 Å². The standard InChI is InChI=1S/C16H22N4.HI/c1-13-4-6-14(7-5-13)10-18-16(17-2)19-11-15-8-9-20(3)12-15;/h4-9,12H,10-11H2,1-3H3,(H2,17,18,19);1H. The van der Waals surface area contributed by atoms with Crippen molar-refractivity contribution in [2.45, 2.75) is 20.0 Å². The van der Waals surface area contributed by atoms with Crippen LogP contribution in [0.4, 0.5) is 0 Å². The average molecular weight is 398 g/mol. The Labute approximate surface area is 143 Å². The molecule has 2 N–H and O–H groups in total. The second-order valence-corrected chi connectivity index (χ2v) is 4.95. The van der Waals surface area contributed by atoms with Gasteiger partial charge in [-0.05, 0) is 24.1 Å². The van der Waals surface area contributed by atoms with Crippen LogP contribution < -0.4 is 10.6 Å². The molecule has 0 aliphatic carbocycles. The summed E-state index contributed by atoms with van der Waals surface area (Å²) in [6, 6.07) is 10.6. The zero-order chi connectivity index (χ0) is 14.4. The van der Waals surface area contributed by atoms with Gasteiger partial charge in [0.05, 0.1) is 0 Å². The minimum atomic E-state index is 0. The molecule has 2 aromatic rings. The van der Waals surface area contributed by atoms with Crippen LogP contribution in [0.2, 0.25) is 0 Å². The predicted molar refractivity (Wildman–Crippen MR) is 99.0 cm³/mol. The van der Waals surface area contributed by atoms with Gasteiger partial charge in [-0.3, -0.25) is 4.99 Å². The molecule has 0 amide bonds. The third-order valence-electron chi connectivity index (χ3n) is 3.16.